The number of nitrogens with one attached hydrogen (secondary N) is 1. The minimum atomic E-state index is 0.195. The van der Waals surface area contributed by atoms with E-state index in [9.17, 15) is 0 Å². The van der Waals surface area contributed by atoms with Gasteiger partial charge in [-0.15, -0.1) is 11.6 Å². The van der Waals surface area contributed by atoms with Crippen molar-refractivity contribution in [1.29, 1.82) is 0 Å². The molecular formula is C11H15Cl2NO. The highest BCUT2D eigenvalue weighted by molar-refractivity contribution is 6.31. The van der Waals surface area contributed by atoms with Gasteiger partial charge in [0.2, 0.25) is 0 Å². The third-order valence-corrected chi connectivity index (χ3v) is 2.87. The highest BCUT2D eigenvalue weighted by atomic mass is 35.5. The number of hydrogen-bond donors (Lipinski definition) is 1. The largest absolute Gasteiger partial charge is 0.497 e. The molecule has 1 rings (SSSR count). The topological polar surface area (TPSA) is 21.3 Å². The molecule has 84 valence electrons. The van der Waals surface area contributed by atoms with Gasteiger partial charge in [-0.3, -0.25) is 0 Å². The third kappa shape index (κ3) is 3.26. The molecule has 0 heterocycles. The van der Waals surface area contributed by atoms with Crippen LogP contribution in [-0.4, -0.2) is 20.0 Å². The second-order valence-electron chi connectivity index (χ2n) is 3.21. The zero-order valence-electron chi connectivity index (χ0n) is 8.89. The Hall–Kier alpha value is -0.440. The summed E-state index contributed by atoms with van der Waals surface area (Å²) in [6.07, 6.45) is 0.851. The van der Waals surface area contributed by atoms with Gasteiger partial charge in [0.1, 0.15) is 5.75 Å². The Kier molecular flexibility index (Phi) is 5.23. The Morgan fingerprint density at radius 1 is 1.47 bits per heavy atom. The standard InChI is InChI=1S/C11H15Cl2NO/c1-14-11(5-6-12)9-4-3-8(15-2)7-10(9)13/h3-4,7,11,14H,5-6H2,1-2H3. The van der Waals surface area contributed by atoms with Gasteiger partial charge in [0, 0.05) is 16.9 Å². The summed E-state index contributed by atoms with van der Waals surface area (Å²) >= 11 is 11.9. The number of rotatable bonds is 5. The van der Waals surface area contributed by atoms with E-state index in [0.717, 1.165) is 17.7 Å². The number of methoxy groups -OCH3 is 1. The molecule has 0 saturated heterocycles. The van der Waals surface area contributed by atoms with Crippen LogP contribution in [0, 0.1) is 0 Å². The highest BCUT2D eigenvalue weighted by Crippen LogP contribution is 2.28. The molecule has 1 N–H and O–H groups in total. The van der Waals surface area contributed by atoms with E-state index >= 15 is 0 Å². The lowest BCUT2D eigenvalue weighted by Gasteiger charge is -2.17. The summed E-state index contributed by atoms with van der Waals surface area (Å²) in [5.41, 5.74) is 1.06. The Morgan fingerprint density at radius 2 is 2.20 bits per heavy atom. The van der Waals surface area contributed by atoms with E-state index < -0.39 is 0 Å². The predicted molar refractivity (Wildman–Crippen MR) is 65.1 cm³/mol. The SMILES string of the molecule is CNC(CCCl)c1ccc(OC)cc1Cl. The fourth-order valence-electron chi connectivity index (χ4n) is 1.48. The van der Waals surface area contributed by atoms with Crippen LogP contribution in [0.4, 0.5) is 0 Å². The molecule has 1 atom stereocenters. The van der Waals surface area contributed by atoms with Crippen LogP contribution < -0.4 is 10.1 Å². The van der Waals surface area contributed by atoms with Crippen molar-refractivity contribution in [2.45, 2.75) is 12.5 Å². The average Bonchev–Trinajstić information content (AvgIpc) is 2.26. The van der Waals surface area contributed by atoms with E-state index in [0.29, 0.717) is 10.9 Å². The fraction of sp³-hybridized carbons (Fsp3) is 0.455. The monoisotopic (exact) mass is 247 g/mol. The molecule has 1 aromatic rings. The molecule has 2 nitrogen and oxygen atoms in total. The fourth-order valence-corrected chi connectivity index (χ4v) is 2.00. The zero-order valence-corrected chi connectivity index (χ0v) is 10.4. The summed E-state index contributed by atoms with van der Waals surface area (Å²) in [6, 6.07) is 5.88. The van der Waals surface area contributed by atoms with Crippen LogP contribution in [0.15, 0.2) is 18.2 Å². The maximum atomic E-state index is 6.15. The van der Waals surface area contributed by atoms with Crippen LogP contribution in [0.1, 0.15) is 18.0 Å². The van der Waals surface area contributed by atoms with E-state index in [1.54, 1.807) is 7.11 Å². The summed E-state index contributed by atoms with van der Waals surface area (Å²) in [5.74, 6) is 1.37. The molecule has 1 aromatic carbocycles. The van der Waals surface area contributed by atoms with Crippen molar-refractivity contribution in [3.8, 4) is 5.75 Å². The van der Waals surface area contributed by atoms with Crippen molar-refractivity contribution in [1.82, 2.24) is 5.32 Å². The van der Waals surface area contributed by atoms with Crippen LogP contribution in [0.5, 0.6) is 5.75 Å². The summed E-state index contributed by atoms with van der Waals surface area (Å²) < 4.78 is 5.09. The van der Waals surface area contributed by atoms with Crippen LogP contribution in [-0.2, 0) is 0 Å². The molecule has 0 aromatic heterocycles. The van der Waals surface area contributed by atoms with Crippen LogP contribution >= 0.6 is 23.2 Å². The highest BCUT2D eigenvalue weighted by Gasteiger charge is 2.12. The molecule has 0 aliphatic carbocycles. The van der Waals surface area contributed by atoms with Crippen molar-refractivity contribution in [2.75, 3.05) is 20.0 Å². The Bertz CT molecular complexity index is 317. The average molecular weight is 248 g/mol. The van der Waals surface area contributed by atoms with E-state index in [-0.39, 0.29) is 6.04 Å². The minimum absolute atomic E-state index is 0.195. The smallest absolute Gasteiger partial charge is 0.120 e. The molecule has 0 aliphatic heterocycles. The second-order valence-corrected chi connectivity index (χ2v) is 3.99. The van der Waals surface area contributed by atoms with Gasteiger partial charge in [-0.25, -0.2) is 0 Å². The van der Waals surface area contributed by atoms with Gasteiger partial charge in [0.15, 0.2) is 0 Å². The van der Waals surface area contributed by atoms with Gasteiger partial charge in [-0.2, -0.15) is 0 Å². The quantitative estimate of drug-likeness (QED) is 0.807. The first-order chi connectivity index (χ1) is 7.22. The molecule has 0 fully saturated rings. The van der Waals surface area contributed by atoms with Gasteiger partial charge in [0.05, 0.1) is 7.11 Å². The third-order valence-electron chi connectivity index (χ3n) is 2.33. The molecule has 0 saturated carbocycles. The van der Waals surface area contributed by atoms with E-state index in [4.69, 9.17) is 27.9 Å². The van der Waals surface area contributed by atoms with Gasteiger partial charge in [-0.1, -0.05) is 17.7 Å². The van der Waals surface area contributed by atoms with Crippen molar-refractivity contribution >= 4 is 23.2 Å². The molecule has 4 heteroatoms. The molecule has 0 radical (unpaired) electrons. The zero-order chi connectivity index (χ0) is 11.3. The lowest BCUT2D eigenvalue weighted by Crippen LogP contribution is -2.17. The number of halogens is 2. The lowest BCUT2D eigenvalue weighted by atomic mass is 10.0. The maximum Gasteiger partial charge on any atom is 0.120 e. The van der Waals surface area contributed by atoms with Gasteiger partial charge in [0.25, 0.3) is 0 Å². The van der Waals surface area contributed by atoms with E-state index in [1.165, 1.54) is 0 Å². The number of benzene rings is 1. The molecule has 0 aliphatic rings. The molecule has 15 heavy (non-hydrogen) atoms. The van der Waals surface area contributed by atoms with Gasteiger partial charge < -0.3 is 10.1 Å². The van der Waals surface area contributed by atoms with Crippen LogP contribution in [0.25, 0.3) is 0 Å². The van der Waals surface area contributed by atoms with E-state index in [2.05, 4.69) is 5.32 Å². The molecule has 0 amide bonds. The van der Waals surface area contributed by atoms with Crippen molar-refractivity contribution in [3.05, 3.63) is 28.8 Å². The van der Waals surface area contributed by atoms with Crippen molar-refractivity contribution in [2.24, 2.45) is 0 Å². The predicted octanol–water partition coefficient (Wildman–Crippen LogP) is 3.24. The second kappa shape index (κ2) is 6.21. The first-order valence-corrected chi connectivity index (χ1v) is 5.70. The Balaban J connectivity index is 2.92. The summed E-state index contributed by atoms with van der Waals surface area (Å²) in [6.45, 7) is 0. The summed E-state index contributed by atoms with van der Waals surface area (Å²) in [7, 11) is 3.53. The van der Waals surface area contributed by atoms with Gasteiger partial charge in [-0.05, 0) is 31.2 Å². The van der Waals surface area contributed by atoms with Crippen LogP contribution in [0.3, 0.4) is 0 Å². The molecule has 1 unspecified atom stereocenters. The number of ether oxygens (including phenoxy) is 1. The van der Waals surface area contributed by atoms with E-state index in [1.807, 2.05) is 25.2 Å². The first kappa shape index (κ1) is 12.6. The van der Waals surface area contributed by atoms with Crippen molar-refractivity contribution in [3.63, 3.8) is 0 Å². The van der Waals surface area contributed by atoms with Crippen LogP contribution in [0.2, 0.25) is 5.02 Å². The number of hydrogen-bond acceptors (Lipinski definition) is 2. The maximum absolute atomic E-state index is 6.15. The summed E-state index contributed by atoms with van der Waals surface area (Å²) in [5, 5.41) is 3.90. The number of alkyl halides is 1. The minimum Gasteiger partial charge on any atom is -0.497 e. The first-order valence-electron chi connectivity index (χ1n) is 4.79. The molecule has 0 spiro atoms. The Morgan fingerprint density at radius 3 is 2.67 bits per heavy atom. The normalized spacial score (nSPS) is 12.5. The Labute approximate surface area is 101 Å². The lowest BCUT2D eigenvalue weighted by molar-refractivity contribution is 0.414. The molecular weight excluding hydrogens is 233 g/mol. The summed E-state index contributed by atoms with van der Waals surface area (Å²) in [4.78, 5) is 0. The van der Waals surface area contributed by atoms with Crippen molar-refractivity contribution < 1.29 is 4.74 Å². The molecule has 0 bridgehead atoms. The van der Waals surface area contributed by atoms with Gasteiger partial charge >= 0.3 is 0 Å².